The van der Waals surface area contributed by atoms with Crippen LogP contribution in [0, 0.1) is 12.8 Å². The highest BCUT2D eigenvalue weighted by molar-refractivity contribution is 5.78. The first-order valence-corrected chi connectivity index (χ1v) is 5.95. The van der Waals surface area contributed by atoms with Crippen molar-refractivity contribution in [3.63, 3.8) is 0 Å². The summed E-state index contributed by atoms with van der Waals surface area (Å²) < 4.78 is 5.29. The minimum Gasteiger partial charge on any atom is -0.426 e. The summed E-state index contributed by atoms with van der Waals surface area (Å²) in [6.07, 6.45) is 0.517. The zero-order valence-electron chi connectivity index (χ0n) is 10.3. The van der Waals surface area contributed by atoms with Crippen molar-refractivity contribution >= 4 is 5.91 Å². The van der Waals surface area contributed by atoms with Crippen molar-refractivity contribution in [2.24, 2.45) is 5.92 Å². The zero-order chi connectivity index (χ0) is 12.3. The molecule has 1 amide bonds. The zero-order valence-corrected chi connectivity index (χ0v) is 10.3. The van der Waals surface area contributed by atoms with Gasteiger partial charge in [-0.05, 0) is 0 Å². The third kappa shape index (κ3) is 3.03. The third-order valence-electron chi connectivity index (χ3n) is 2.90. The highest BCUT2D eigenvalue weighted by atomic mass is 16.4. The number of aromatic nitrogens is 2. The number of rotatable bonds is 3. The summed E-state index contributed by atoms with van der Waals surface area (Å²) in [6.45, 7) is 6.97. The van der Waals surface area contributed by atoms with E-state index in [1.807, 2.05) is 11.8 Å². The van der Waals surface area contributed by atoms with Crippen molar-refractivity contribution in [1.29, 1.82) is 0 Å². The van der Waals surface area contributed by atoms with Crippen LogP contribution < -0.4 is 5.32 Å². The van der Waals surface area contributed by atoms with Crippen LogP contribution in [-0.4, -0.2) is 47.2 Å². The maximum atomic E-state index is 12.1. The van der Waals surface area contributed by atoms with Crippen LogP contribution in [0.25, 0.3) is 0 Å². The number of piperazine rings is 1. The molecular weight excluding hydrogens is 220 g/mol. The van der Waals surface area contributed by atoms with Crippen LogP contribution in [0.2, 0.25) is 0 Å². The molecule has 1 aromatic rings. The fourth-order valence-electron chi connectivity index (χ4n) is 1.97. The molecule has 2 rings (SSSR count). The van der Waals surface area contributed by atoms with Gasteiger partial charge in [0, 0.05) is 45.4 Å². The Labute approximate surface area is 100 Å². The highest BCUT2D eigenvalue weighted by Crippen LogP contribution is 2.11. The van der Waals surface area contributed by atoms with Crippen LogP contribution in [0.1, 0.15) is 18.7 Å². The Morgan fingerprint density at radius 2 is 2.18 bits per heavy atom. The van der Waals surface area contributed by atoms with E-state index in [-0.39, 0.29) is 11.8 Å². The molecule has 0 saturated carbocycles. The monoisotopic (exact) mass is 238 g/mol. The Kier molecular flexibility index (Phi) is 3.73. The molecule has 0 bridgehead atoms. The molecule has 0 aliphatic carbocycles. The van der Waals surface area contributed by atoms with Crippen molar-refractivity contribution in [3.05, 3.63) is 11.8 Å². The van der Waals surface area contributed by atoms with Crippen LogP contribution in [-0.2, 0) is 11.2 Å². The smallest absolute Gasteiger partial charge is 0.226 e. The van der Waals surface area contributed by atoms with E-state index < -0.39 is 0 Å². The molecule has 17 heavy (non-hydrogen) atoms. The van der Waals surface area contributed by atoms with Crippen molar-refractivity contribution in [3.8, 4) is 0 Å². The van der Waals surface area contributed by atoms with Gasteiger partial charge in [0.15, 0.2) is 0 Å². The Hall–Kier alpha value is -1.43. The predicted molar refractivity (Wildman–Crippen MR) is 61.4 cm³/mol. The number of amides is 1. The lowest BCUT2D eigenvalue weighted by Gasteiger charge is -2.29. The number of aryl methyl sites for hydroxylation is 1. The van der Waals surface area contributed by atoms with E-state index in [0.29, 0.717) is 18.2 Å². The number of carbonyl (C=O) groups excluding carboxylic acids is 1. The minimum atomic E-state index is -0.104. The molecule has 1 N–H and O–H groups in total. The fraction of sp³-hybridized carbons (Fsp3) is 0.727. The first-order valence-electron chi connectivity index (χ1n) is 5.95. The van der Waals surface area contributed by atoms with E-state index in [0.717, 1.165) is 26.2 Å². The largest absolute Gasteiger partial charge is 0.426 e. The normalized spacial score (nSPS) is 18.1. The fourth-order valence-corrected chi connectivity index (χ4v) is 1.97. The van der Waals surface area contributed by atoms with Crippen molar-refractivity contribution < 1.29 is 9.21 Å². The van der Waals surface area contributed by atoms with Crippen LogP contribution in [0.5, 0.6) is 0 Å². The van der Waals surface area contributed by atoms with E-state index in [1.165, 1.54) is 0 Å². The van der Waals surface area contributed by atoms with Gasteiger partial charge in [0.05, 0.1) is 0 Å². The molecule has 1 aromatic heterocycles. The molecule has 1 atom stereocenters. The van der Waals surface area contributed by atoms with Gasteiger partial charge >= 0.3 is 0 Å². The molecule has 1 aliphatic rings. The first kappa shape index (κ1) is 12.0. The molecule has 2 heterocycles. The summed E-state index contributed by atoms with van der Waals surface area (Å²) in [5.41, 5.74) is 0. The maximum Gasteiger partial charge on any atom is 0.226 e. The van der Waals surface area contributed by atoms with E-state index in [4.69, 9.17) is 4.42 Å². The Bertz CT molecular complexity index is 385. The summed E-state index contributed by atoms with van der Waals surface area (Å²) in [4.78, 5) is 14.0. The lowest BCUT2D eigenvalue weighted by molar-refractivity contribution is -0.135. The molecule has 1 fully saturated rings. The standard InChI is InChI=1S/C11H18N4O2/c1-8(7-10-14-13-9(2)17-10)11(16)15-5-3-12-4-6-15/h8,12H,3-7H2,1-2H3. The summed E-state index contributed by atoms with van der Waals surface area (Å²) in [5, 5.41) is 10.9. The van der Waals surface area contributed by atoms with Crippen LogP contribution in [0.4, 0.5) is 0 Å². The van der Waals surface area contributed by atoms with E-state index in [2.05, 4.69) is 15.5 Å². The van der Waals surface area contributed by atoms with Gasteiger partial charge in [0.1, 0.15) is 0 Å². The predicted octanol–water partition coefficient (Wildman–Crippen LogP) is -0.0116. The lowest BCUT2D eigenvalue weighted by Crippen LogP contribution is -2.48. The summed E-state index contributed by atoms with van der Waals surface area (Å²) in [7, 11) is 0. The quantitative estimate of drug-likeness (QED) is 0.802. The average molecular weight is 238 g/mol. The number of nitrogens with zero attached hydrogens (tertiary/aromatic N) is 3. The van der Waals surface area contributed by atoms with Crippen molar-refractivity contribution in [2.75, 3.05) is 26.2 Å². The maximum absolute atomic E-state index is 12.1. The molecular formula is C11H18N4O2. The Morgan fingerprint density at radius 1 is 1.47 bits per heavy atom. The first-order chi connectivity index (χ1) is 8.16. The Balaban J connectivity index is 1.90. The highest BCUT2D eigenvalue weighted by Gasteiger charge is 2.23. The van der Waals surface area contributed by atoms with Gasteiger partial charge in [-0.25, -0.2) is 0 Å². The van der Waals surface area contributed by atoms with Crippen molar-refractivity contribution in [2.45, 2.75) is 20.3 Å². The average Bonchev–Trinajstić information content (AvgIpc) is 2.75. The van der Waals surface area contributed by atoms with E-state index in [9.17, 15) is 4.79 Å². The molecule has 0 radical (unpaired) electrons. The van der Waals surface area contributed by atoms with Gasteiger partial charge in [0.2, 0.25) is 17.7 Å². The van der Waals surface area contributed by atoms with Gasteiger partial charge in [-0.15, -0.1) is 10.2 Å². The number of hydrogen-bond acceptors (Lipinski definition) is 5. The number of carbonyl (C=O) groups is 1. The van der Waals surface area contributed by atoms with Crippen LogP contribution in [0.15, 0.2) is 4.42 Å². The van der Waals surface area contributed by atoms with Gasteiger partial charge in [-0.2, -0.15) is 0 Å². The summed E-state index contributed by atoms with van der Waals surface area (Å²) in [6, 6.07) is 0. The third-order valence-corrected chi connectivity index (χ3v) is 2.90. The van der Waals surface area contributed by atoms with E-state index in [1.54, 1.807) is 6.92 Å². The number of hydrogen-bond donors (Lipinski definition) is 1. The molecule has 0 aromatic carbocycles. The molecule has 6 nitrogen and oxygen atoms in total. The molecule has 1 saturated heterocycles. The SMILES string of the molecule is Cc1nnc(CC(C)C(=O)N2CCNCC2)o1. The second-order valence-corrected chi connectivity index (χ2v) is 4.40. The van der Waals surface area contributed by atoms with Crippen molar-refractivity contribution in [1.82, 2.24) is 20.4 Å². The molecule has 1 unspecified atom stereocenters. The molecule has 1 aliphatic heterocycles. The van der Waals surface area contributed by atoms with Gasteiger partial charge in [0.25, 0.3) is 0 Å². The summed E-state index contributed by atoms with van der Waals surface area (Å²) >= 11 is 0. The van der Waals surface area contributed by atoms with Gasteiger partial charge < -0.3 is 14.6 Å². The topological polar surface area (TPSA) is 71.3 Å². The minimum absolute atomic E-state index is 0.104. The number of nitrogens with one attached hydrogen (secondary N) is 1. The van der Waals surface area contributed by atoms with Gasteiger partial charge in [-0.1, -0.05) is 6.92 Å². The van der Waals surface area contributed by atoms with Crippen LogP contribution in [0.3, 0.4) is 0 Å². The van der Waals surface area contributed by atoms with Crippen LogP contribution >= 0.6 is 0 Å². The Morgan fingerprint density at radius 3 is 2.76 bits per heavy atom. The lowest BCUT2D eigenvalue weighted by atomic mass is 10.1. The molecule has 0 spiro atoms. The second-order valence-electron chi connectivity index (χ2n) is 4.40. The second kappa shape index (κ2) is 5.27. The summed E-state index contributed by atoms with van der Waals surface area (Å²) in [5.74, 6) is 1.15. The molecule has 94 valence electrons. The molecule has 6 heteroatoms. The van der Waals surface area contributed by atoms with E-state index >= 15 is 0 Å². The van der Waals surface area contributed by atoms with Gasteiger partial charge in [-0.3, -0.25) is 4.79 Å².